The average Bonchev–Trinajstić information content (AvgIpc) is 3.02. The molecule has 1 N–H and O–H groups in total. The Labute approximate surface area is 114 Å². The molecule has 0 aliphatic carbocycles. The second-order valence-corrected chi connectivity index (χ2v) is 6.71. The van der Waals surface area contributed by atoms with E-state index in [0.29, 0.717) is 0 Å². The molecule has 0 amide bonds. The highest BCUT2D eigenvalue weighted by Crippen LogP contribution is 2.30. The van der Waals surface area contributed by atoms with Crippen LogP contribution in [0.3, 0.4) is 0 Å². The van der Waals surface area contributed by atoms with Crippen molar-refractivity contribution < 1.29 is 0 Å². The first kappa shape index (κ1) is 12.6. The summed E-state index contributed by atoms with van der Waals surface area (Å²) < 4.78 is 0. The van der Waals surface area contributed by atoms with Gasteiger partial charge >= 0.3 is 0 Å². The third-order valence-corrected chi connectivity index (χ3v) is 5.35. The Morgan fingerprint density at radius 3 is 2.94 bits per heavy atom. The van der Waals surface area contributed by atoms with E-state index in [2.05, 4.69) is 22.6 Å². The summed E-state index contributed by atoms with van der Waals surface area (Å²) in [6.07, 6.45) is 5.07. The fraction of sp³-hybridized carbons (Fsp3) is 0.786. The van der Waals surface area contributed by atoms with E-state index in [4.69, 9.17) is 4.98 Å². The number of thiazole rings is 1. The van der Waals surface area contributed by atoms with Crippen molar-refractivity contribution in [3.63, 3.8) is 0 Å². The van der Waals surface area contributed by atoms with Crippen LogP contribution in [0.5, 0.6) is 0 Å². The van der Waals surface area contributed by atoms with E-state index < -0.39 is 0 Å². The van der Waals surface area contributed by atoms with Gasteiger partial charge in [0.05, 0.1) is 10.7 Å². The molecule has 3 nitrogen and oxygen atoms in total. The number of rotatable bonds is 3. The van der Waals surface area contributed by atoms with Crippen LogP contribution in [-0.2, 0) is 6.42 Å². The van der Waals surface area contributed by atoms with Gasteiger partial charge in [0.15, 0.2) is 0 Å². The second kappa shape index (κ2) is 5.68. The van der Waals surface area contributed by atoms with Crippen LogP contribution in [0.15, 0.2) is 5.38 Å². The van der Waals surface area contributed by atoms with Crippen LogP contribution in [0.25, 0.3) is 0 Å². The maximum absolute atomic E-state index is 4.89. The lowest BCUT2D eigenvalue weighted by atomic mass is 9.98. The molecule has 0 saturated carbocycles. The number of likely N-dealkylation sites (tertiary alicyclic amines) is 1. The minimum atomic E-state index is 0.724. The Morgan fingerprint density at radius 2 is 2.22 bits per heavy atom. The van der Waals surface area contributed by atoms with Gasteiger partial charge in [-0.3, -0.25) is 0 Å². The van der Waals surface area contributed by atoms with Gasteiger partial charge in [-0.05, 0) is 64.8 Å². The van der Waals surface area contributed by atoms with Gasteiger partial charge in [-0.25, -0.2) is 4.98 Å². The fourth-order valence-corrected chi connectivity index (χ4v) is 4.05. The monoisotopic (exact) mass is 265 g/mol. The minimum absolute atomic E-state index is 0.724. The van der Waals surface area contributed by atoms with Crippen molar-refractivity contribution in [3.05, 3.63) is 16.1 Å². The van der Waals surface area contributed by atoms with E-state index in [1.165, 1.54) is 62.6 Å². The van der Waals surface area contributed by atoms with Crippen molar-refractivity contribution in [3.8, 4) is 0 Å². The second-order valence-electron chi connectivity index (χ2n) is 5.82. The zero-order chi connectivity index (χ0) is 12.4. The van der Waals surface area contributed by atoms with Gasteiger partial charge in [-0.1, -0.05) is 0 Å². The first-order chi connectivity index (χ1) is 8.81. The van der Waals surface area contributed by atoms with Gasteiger partial charge in [0.2, 0.25) is 0 Å². The molecule has 2 aliphatic heterocycles. The SMILES string of the molecule is CN1CCC(c2nc(CC3CCNC3)cs2)CC1. The summed E-state index contributed by atoms with van der Waals surface area (Å²) in [6, 6.07) is 0. The van der Waals surface area contributed by atoms with E-state index in [-0.39, 0.29) is 0 Å². The van der Waals surface area contributed by atoms with Crippen molar-refractivity contribution in [2.45, 2.75) is 31.6 Å². The number of piperidine rings is 1. The van der Waals surface area contributed by atoms with Gasteiger partial charge in [0.25, 0.3) is 0 Å². The summed E-state index contributed by atoms with van der Waals surface area (Å²) in [7, 11) is 2.22. The summed E-state index contributed by atoms with van der Waals surface area (Å²) in [5.74, 6) is 1.54. The van der Waals surface area contributed by atoms with Crippen molar-refractivity contribution in [1.29, 1.82) is 0 Å². The van der Waals surface area contributed by atoms with Crippen LogP contribution < -0.4 is 5.32 Å². The third-order valence-electron chi connectivity index (χ3n) is 4.30. The van der Waals surface area contributed by atoms with Crippen molar-refractivity contribution in [1.82, 2.24) is 15.2 Å². The molecule has 3 heterocycles. The van der Waals surface area contributed by atoms with E-state index >= 15 is 0 Å². The van der Waals surface area contributed by atoms with Crippen LogP contribution >= 0.6 is 11.3 Å². The Bertz CT molecular complexity index is 376. The molecule has 2 saturated heterocycles. The van der Waals surface area contributed by atoms with Crippen molar-refractivity contribution in [2.75, 3.05) is 33.2 Å². The molecule has 1 atom stereocenters. The highest BCUT2D eigenvalue weighted by molar-refractivity contribution is 7.09. The lowest BCUT2D eigenvalue weighted by Gasteiger charge is -2.27. The quantitative estimate of drug-likeness (QED) is 0.907. The van der Waals surface area contributed by atoms with Crippen LogP contribution in [0, 0.1) is 5.92 Å². The molecule has 1 unspecified atom stereocenters. The molecule has 0 aromatic carbocycles. The normalized spacial score (nSPS) is 26.8. The molecule has 4 heteroatoms. The molecule has 0 spiro atoms. The standard InChI is InChI=1S/C14H23N3S/c1-17-6-3-12(4-7-17)14-16-13(10-18-14)8-11-2-5-15-9-11/h10-12,15H,2-9H2,1H3. The number of nitrogens with one attached hydrogen (secondary N) is 1. The highest BCUT2D eigenvalue weighted by atomic mass is 32.1. The molecule has 100 valence electrons. The molecule has 2 fully saturated rings. The average molecular weight is 265 g/mol. The smallest absolute Gasteiger partial charge is 0.0960 e. The number of hydrogen-bond donors (Lipinski definition) is 1. The lowest BCUT2D eigenvalue weighted by Crippen LogP contribution is -2.29. The van der Waals surface area contributed by atoms with Gasteiger partial charge in [0.1, 0.15) is 0 Å². The van der Waals surface area contributed by atoms with Crippen molar-refractivity contribution >= 4 is 11.3 Å². The molecule has 1 aromatic heterocycles. The van der Waals surface area contributed by atoms with Gasteiger partial charge < -0.3 is 10.2 Å². The predicted molar refractivity (Wildman–Crippen MR) is 76.3 cm³/mol. The summed E-state index contributed by atoms with van der Waals surface area (Å²) >= 11 is 1.89. The zero-order valence-corrected chi connectivity index (χ0v) is 12.0. The van der Waals surface area contributed by atoms with Crippen LogP contribution in [0.4, 0.5) is 0 Å². The lowest BCUT2D eigenvalue weighted by molar-refractivity contribution is 0.255. The Morgan fingerprint density at radius 1 is 1.39 bits per heavy atom. The van der Waals surface area contributed by atoms with Crippen LogP contribution in [0.1, 0.15) is 35.9 Å². The molecule has 18 heavy (non-hydrogen) atoms. The van der Waals surface area contributed by atoms with E-state index in [0.717, 1.165) is 11.8 Å². The van der Waals surface area contributed by atoms with E-state index in [1.807, 2.05) is 11.3 Å². The van der Waals surface area contributed by atoms with Gasteiger partial charge in [-0.2, -0.15) is 0 Å². The summed E-state index contributed by atoms with van der Waals surface area (Å²) in [6.45, 7) is 4.83. The number of nitrogens with zero attached hydrogens (tertiary/aromatic N) is 2. The summed E-state index contributed by atoms with van der Waals surface area (Å²) in [4.78, 5) is 7.32. The Kier molecular flexibility index (Phi) is 3.97. The van der Waals surface area contributed by atoms with Gasteiger partial charge in [0, 0.05) is 11.3 Å². The first-order valence-corrected chi connectivity index (χ1v) is 8.03. The number of aromatic nitrogens is 1. The Hall–Kier alpha value is -0.450. The topological polar surface area (TPSA) is 28.2 Å². The maximum atomic E-state index is 4.89. The highest BCUT2D eigenvalue weighted by Gasteiger charge is 2.22. The fourth-order valence-electron chi connectivity index (χ4n) is 3.04. The summed E-state index contributed by atoms with van der Waals surface area (Å²) in [5, 5.41) is 7.13. The molecule has 1 aromatic rings. The molecular weight excluding hydrogens is 242 g/mol. The van der Waals surface area contributed by atoms with E-state index in [1.54, 1.807) is 0 Å². The minimum Gasteiger partial charge on any atom is -0.316 e. The molecule has 0 bridgehead atoms. The zero-order valence-electron chi connectivity index (χ0n) is 11.2. The Balaban J connectivity index is 1.58. The van der Waals surface area contributed by atoms with E-state index in [9.17, 15) is 0 Å². The molecule has 3 rings (SSSR count). The van der Waals surface area contributed by atoms with Crippen LogP contribution in [-0.4, -0.2) is 43.1 Å². The predicted octanol–water partition coefficient (Wildman–Crippen LogP) is 2.10. The number of hydrogen-bond acceptors (Lipinski definition) is 4. The molecule has 2 aliphatic rings. The van der Waals surface area contributed by atoms with Gasteiger partial charge in [-0.15, -0.1) is 11.3 Å². The molecule has 0 radical (unpaired) electrons. The summed E-state index contributed by atoms with van der Waals surface area (Å²) in [5.41, 5.74) is 1.34. The largest absolute Gasteiger partial charge is 0.316 e. The van der Waals surface area contributed by atoms with Crippen LogP contribution in [0.2, 0.25) is 0 Å². The third kappa shape index (κ3) is 2.92. The van der Waals surface area contributed by atoms with Crippen molar-refractivity contribution in [2.24, 2.45) is 5.92 Å². The maximum Gasteiger partial charge on any atom is 0.0960 e. The first-order valence-electron chi connectivity index (χ1n) is 7.15. The molecular formula is C14H23N3S.